The summed E-state index contributed by atoms with van der Waals surface area (Å²) in [6.45, 7) is 2.51. The van der Waals surface area contributed by atoms with Gasteiger partial charge in [0.15, 0.2) is 5.82 Å². The van der Waals surface area contributed by atoms with Crippen LogP contribution in [0.4, 0.5) is 0 Å². The van der Waals surface area contributed by atoms with Gasteiger partial charge in [0.1, 0.15) is 5.69 Å². The molecule has 2 aromatic rings. The molecule has 3 heterocycles. The topological polar surface area (TPSA) is 85.2 Å². The highest BCUT2D eigenvalue weighted by Crippen LogP contribution is 2.21. The third kappa shape index (κ3) is 4.67. The molecule has 1 aromatic carbocycles. The van der Waals surface area contributed by atoms with Crippen LogP contribution in [0.3, 0.4) is 0 Å². The molecule has 154 valence electrons. The van der Waals surface area contributed by atoms with E-state index in [1.165, 1.54) is 5.56 Å². The Bertz CT molecular complexity index is 856. The molecule has 7 nitrogen and oxygen atoms in total. The van der Waals surface area contributed by atoms with Crippen molar-refractivity contribution >= 4 is 11.8 Å². The number of carbonyl (C=O) groups is 2. The van der Waals surface area contributed by atoms with Crippen molar-refractivity contribution in [2.24, 2.45) is 0 Å². The lowest BCUT2D eigenvalue weighted by Gasteiger charge is -2.17. The first kappa shape index (κ1) is 19.6. The lowest BCUT2D eigenvalue weighted by atomic mass is 10.1. The van der Waals surface area contributed by atoms with E-state index in [2.05, 4.69) is 15.6 Å². The van der Waals surface area contributed by atoms with Crippen LogP contribution in [-0.2, 0) is 24.1 Å². The summed E-state index contributed by atoms with van der Waals surface area (Å²) in [5.74, 6) is -0.0910. The van der Waals surface area contributed by atoms with Crippen molar-refractivity contribution in [2.75, 3.05) is 19.7 Å². The lowest BCUT2D eigenvalue weighted by Crippen LogP contribution is -2.32. The summed E-state index contributed by atoms with van der Waals surface area (Å²) in [6, 6.07) is 10.0. The molecule has 2 N–H and O–H groups in total. The number of carbonyl (C=O) groups excluding carboxylic acids is 2. The normalized spacial score (nSPS) is 18.3. The molecule has 2 aliphatic rings. The van der Waals surface area contributed by atoms with Crippen LogP contribution in [0.25, 0.3) is 0 Å². The second-order valence-electron chi connectivity index (χ2n) is 7.68. The maximum atomic E-state index is 12.8. The zero-order chi connectivity index (χ0) is 20.1. The predicted molar refractivity (Wildman–Crippen MR) is 109 cm³/mol. The van der Waals surface area contributed by atoms with E-state index in [4.69, 9.17) is 4.74 Å². The quantitative estimate of drug-likeness (QED) is 0.751. The number of ether oxygens (including phenoxy) is 1. The van der Waals surface area contributed by atoms with E-state index in [0.717, 1.165) is 57.4 Å². The zero-order valence-electron chi connectivity index (χ0n) is 16.7. The number of rotatable bonds is 7. The molecule has 0 radical (unpaired) electrons. The molecule has 0 saturated carbocycles. The van der Waals surface area contributed by atoms with Crippen molar-refractivity contribution in [3.63, 3.8) is 0 Å². The zero-order valence-corrected chi connectivity index (χ0v) is 16.7. The van der Waals surface area contributed by atoms with E-state index in [1.54, 1.807) is 0 Å². The number of imidazole rings is 1. The molecular weight excluding hydrogens is 368 g/mol. The van der Waals surface area contributed by atoms with E-state index in [-0.39, 0.29) is 17.9 Å². The number of amides is 2. The van der Waals surface area contributed by atoms with Gasteiger partial charge in [0.25, 0.3) is 11.8 Å². The summed E-state index contributed by atoms with van der Waals surface area (Å²) in [4.78, 5) is 30.0. The van der Waals surface area contributed by atoms with Gasteiger partial charge in [-0.1, -0.05) is 30.3 Å². The van der Waals surface area contributed by atoms with Crippen LogP contribution in [0.1, 0.15) is 58.0 Å². The molecule has 1 aromatic heterocycles. The highest BCUT2D eigenvalue weighted by molar-refractivity contribution is 5.97. The van der Waals surface area contributed by atoms with Crippen molar-refractivity contribution in [2.45, 2.75) is 51.2 Å². The summed E-state index contributed by atoms with van der Waals surface area (Å²) in [6.07, 6.45) is 5.61. The average Bonchev–Trinajstić information content (AvgIpc) is 3.41. The standard InChI is InChI=1S/C22H28N4O3/c27-21(24-15-17-9-6-14-29-17)19-18-10-4-5-13-26(18)20(25-19)22(28)23-12-11-16-7-2-1-3-8-16/h1-3,7-8,17H,4-6,9-15H2,(H,23,28)(H,24,27). The SMILES string of the molecule is O=C(NCC1CCCO1)c1nc(C(=O)NCCc2ccccc2)n2c1CCCC2. The van der Waals surface area contributed by atoms with E-state index in [0.29, 0.717) is 24.6 Å². The van der Waals surface area contributed by atoms with Crippen molar-refractivity contribution < 1.29 is 14.3 Å². The fourth-order valence-corrected chi connectivity index (χ4v) is 4.04. The molecule has 7 heteroatoms. The summed E-state index contributed by atoms with van der Waals surface area (Å²) >= 11 is 0. The van der Waals surface area contributed by atoms with Gasteiger partial charge >= 0.3 is 0 Å². The molecule has 0 spiro atoms. The van der Waals surface area contributed by atoms with Crippen LogP contribution in [0.5, 0.6) is 0 Å². The van der Waals surface area contributed by atoms with Gasteiger partial charge in [0, 0.05) is 26.2 Å². The fourth-order valence-electron chi connectivity index (χ4n) is 4.04. The van der Waals surface area contributed by atoms with Crippen LogP contribution in [-0.4, -0.2) is 47.2 Å². The average molecular weight is 396 g/mol. The van der Waals surface area contributed by atoms with Gasteiger partial charge in [-0.3, -0.25) is 9.59 Å². The third-order valence-corrected chi connectivity index (χ3v) is 5.59. The minimum atomic E-state index is -0.220. The molecular formula is C22H28N4O3. The molecule has 1 unspecified atom stereocenters. The highest BCUT2D eigenvalue weighted by Gasteiger charge is 2.28. The first-order valence-electron chi connectivity index (χ1n) is 10.5. The number of aromatic nitrogens is 2. The molecule has 2 aliphatic heterocycles. The van der Waals surface area contributed by atoms with Gasteiger partial charge in [0.2, 0.25) is 0 Å². The van der Waals surface area contributed by atoms with Gasteiger partial charge < -0.3 is 19.9 Å². The Hall–Kier alpha value is -2.67. The lowest BCUT2D eigenvalue weighted by molar-refractivity contribution is 0.0853. The van der Waals surface area contributed by atoms with E-state index in [9.17, 15) is 9.59 Å². The smallest absolute Gasteiger partial charge is 0.287 e. The van der Waals surface area contributed by atoms with Gasteiger partial charge in [-0.2, -0.15) is 0 Å². The Labute approximate surface area is 170 Å². The second kappa shape index (κ2) is 9.22. The number of benzene rings is 1. The van der Waals surface area contributed by atoms with Crippen LogP contribution in [0, 0.1) is 0 Å². The molecule has 4 rings (SSSR count). The Morgan fingerprint density at radius 2 is 1.97 bits per heavy atom. The van der Waals surface area contributed by atoms with Crippen LogP contribution in [0.15, 0.2) is 30.3 Å². The van der Waals surface area contributed by atoms with Gasteiger partial charge in [-0.15, -0.1) is 0 Å². The summed E-state index contributed by atoms with van der Waals surface area (Å²) in [7, 11) is 0. The number of nitrogens with one attached hydrogen (secondary N) is 2. The highest BCUT2D eigenvalue weighted by atomic mass is 16.5. The molecule has 2 amide bonds. The van der Waals surface area contributed by atoms with Crippen molar-refractivity contribution in [3.05, 3.63) is 53.1 Å². The van der Waals surface area contributed by atoms with Crippen LogP contribution >= 0.6 is 0 Å². The van der Waals surface area contributed by atoms with Gasteiger partial charge in [-0.25, -0.2) is 4.98 Å². The number of fused-ring (bicyclic) bond motifs is 1. The summed E-state index contributed by atoms with van der Waals surface area (Å²) in [5.41, 5.74) is 2.43. The molecule has 0 aliphatic carbocycles. The predicted octanol–water partition coefficient (Wildman–Crippen LogP) is 2.10. The molecule has 29 heavy (non-hydrogen) atoms. The van der Waals surface area contributed by atoms with Crippen LogP contribution < -0.4 is 10.6 Å². The first-order chi connectivity index (χ1) is 14.2. The Morgan fingerprint density at radius 3 is 2.76 bits per heavy atom. The third-order valence-electron chi connectivity index (χ3n) is 5.59. The summed E-state index contributed by atoms with van der Waals surface area (Å²) in [5, 5.41) is 5.89. The Kier molecular flexibility index (Phi) is 6.24. The van der Waals surface area contributed by atoms with Crippen molar-refractivity contribution in [3.8, 4) is 0 Å². The fraction of sp³-hybridized carbons (Fsp3) is 0.500. The molecule has 1 fully saturated rings. The van der Waals surface area contributed by atoms with Crippen molar-refractivity contribution in [1.29, 1.82) is 0 Å². The summed E-state index contributed by atoms with van der Waals surface area (Å²) < 4.78 is 7.49. The second-order valence-corrected chi connectivity index (χ2v) is 7.68. The monoisotopic (exact) mass is 396 g/mol. The Morgan fingerprint density at radius 1 is 1.10 bits per heavy atom. The Balaban J connectivity index is 1.42. The molecule has 1 atom stereocenters. The minimum absolute atomic E-state index is 0.0816. The maximum absolute atomic E-state index is 12.8. The number of nitrogens with zero attached hydrogens (tertiary/aromatic N) is 2. The van der Waals surface area contributed by atoms with E-state index >= 15 is 0 Å². The van der Waals surface area contributed by atoms with Crippen molar-refractivity contribution in [1.82, 2.24) is 20.2 Å². The number of hydrogen-bond acceptors (Lipinski definition) is 4. The van der Waals surface area contributed by atoms with E-state index in [1.807, 2.05) is 34.9 Å². The molecule has 1 saturated heterocycles. The van der Waals surface area contributed by atoms with Crippen LogP contribution in [0.2, 0.25) is 0 Å². The maximum Gasteiger partial charge on any atom is 0.287 e. The largest absolute Gasteiger partial charge is 0.376 e. The first-order valence-corrected chi connectivity index (χ1v) is 10.5. The molecule has 0 bridgehead atoms. The van der Waals surface area contributed by atoms with Gasteiger partial charge in [0.05, 0.1) is 11.8 Å². The van der Waals surface area contributed by atoms with Gasteiger partial charge in [-0.05, 0) is 44.1 Å². The number of hydrogen-bond donors (Lipinski definition) is 2. The minimum Gasteiger partial charge on any atom is -0.376 e. The van der Waals surface area contributed by atoms with E-state index < -0.39 is 0 Å².